The number of thiazole rings is 1. The Balaban J connectivity index is 1.78. The Morgan fingerprint density at radius 2 is 2.19 bits per heavy atom. The second-order valence-electron chi connectivity index (χ2n) is 3.96. The minimum atomic E-state index is -4.31. The van der Waals surface area contributed by atoms with Crippen LogP contribution < -0.4 is 5.32 Å². The third-order valence-electron chi connectivity index (χ3n) is 2.72. The summed E-state index contributed by atoms with van der Waals surface area (Å²) in [4.78, 5) is 3.58. The molecule has 0 atom stereocenters. The highest BCUT2D eigenvalue weighted by Gasteiger charge is 2.33. The quantitative estimate of drug-likeness (QED) is 0.888. The first kappa shape index (κ1) is 11.9. The van der Waals surface area contributed by atoms with E-state index in [-0.39, 0.29) is 0 Å². The molecule has 2 rings (SSSR count). The van der Waals surface area contributed by atoms with E-state index in [1.165, 1.54) is 19.3 Å². The summed E-state index contributed by atoms with van der Waals surface area (Å²) in [7, 11) is 0. The van der Waals surface area contributed by atoms with Gasteiger partial charge in [-0.2, -0.15) is 13.2 Å². The van der Waals surface area contributed by atoms with Crippen molar-refractivity contribution in [2.45, 2.75) is 37.9 Å². The van der Waals surface area contributed by atoms with Gasteiger partial charge in [0.15, 0.2) is 5.69 Å². The first-order valence-corrected chi connectivity index (χ1v) is 6.18. The second kappa shape index (κ2) is 4.71. The van der Waals surface area contributed by atoms with Crippen LogP contribution in [0, 0.1) is 0 Å². The third kappa shape index (κ3) is 2.95. The molecule has 0 aromatic carbocycles. The normalized spacial score (nSPS) is 17.4. The van der Waals surface area contributed by atoms with Gasteiger partial charge in [-0.05, 0) is 12.8 Å². The Labute approximate surface area is 95.9 Å². The predicted molar refractivity (Wildman–Crippen MR) is 56.5 cm³/mol. The van der Waals surface area contributed by atoms with Gasteiger partial charge in [0.05, 0.1) is 5.01 Å². The fourth-order valence-electron chi connectivity index (χ4n) is 1.55. The maximum Gasteiger partial charge on any atom is 0.434 e. The maximum atomic E-state index is 12.2. The van der Waals surface area contributed by atoms with Gasteiger partial charge in [-0.15, -0.1) is 11.3 Å². The minimum absolute atomic E-state index is 0.555. The van der Waals surface area contributed by atoms with E-state index in [0.29, 0.717) is 17.5 Å². The highest BCUT2D eigenvalue weighted by Crippen LogP contribution is 2.30. The van der Waals surface area contributed by atoms with Crippen LogP contribution in [0.3, 0.4) is 0 Å². The van der Waals surface area contributed by atoms with Crippen molar-refractivity contribution >= 4 is 11.3 Å². The first-order chi connectivity index (χ1) is 7.55. The number of nitrogens with zero attached hydrogens (tertiary/aromatic N) is 1. The summed E-state index contributed by atoms with van der Waals surface area (Å²) in [6.45, 7) is 0.718. The molecule has 0 radical (unpaired) electrons. The van der Waals surface area contributed by atoms with Crippen molar-refractivity contribution in [3.05, 3.63) is 16.1 Å². The molecule has 2 nitrogen and oxygen atoms in total. The topological polar surface area (TPSA) is 24.9 Å². The molecule has 0 spiro atoms. The molecule has 1 aliphatic carbocycles. The summed E-state index contributed by atoms with van der Waals surface area (Å²) in [6, 6.07) is 0.571. The molecule has 0 aliphatic heterocycles. The Morgan fingerprint density at radius 3 is 2.69 bits per heavy atom. The van der Waals surface area contributed by atoms with Crippen molar-refractivity contribution < 1.29 is 13.2 Å². The van der Waals surface area contributed by atoms with Gasteiger partial charge in [-0.25, -0.2) is 4.98 Å². The van der Waals surface area contributed by atoms with E-state index in [0.717, 1.165) is 23.3 Å². The van der Waals surface area contributed by atoms with E-state index in [1.807, 2.05) is 0 Å². The molecule has 1 fully saturated rings. The lowest BCUT2D eigenvalue weighted by molar-refractivity contribution is -0.140. The number of hydrogen-bond donors (Lipinski definition) is 1. The van der Waals surface area contributed by atoms with Crippen molar-refractivity contribution in [3.63, 3.8) is 0 Å². The van der Waals surface area contributed by atoms with Gasteiger partial charge < -0.3 is 5.32 Å². The highest BCUT2D eigenvalue weighted by atomic mass is 32.1. The number of halogens is 3. The van der Waals surface area contributed by atoms with E-state index >= 15 is 0 Å². The van der Waals surface area contributed by atoms with E-state index in [1.54, 1.807) is 0 Å². The zero-order valence-corrected chi connectivity index (χ0v) is 9.50. The molecule has 1 heterocycles. The SMILES string of the molecule is FC(F)(F)c1csc(CCNC2CCC2)n1. The minimum Gasteiger partial charge on any atom is -0.314 e. The zero-order valence-electron chi connectivity index (χ0n) is 8.68. The van der Waals surface area contributed by atoms with Crippen molar-refractivity contribution in [3.8, 4) is 0 Å². The summed E-state index contributed by atoms with van der Waals surface area (Å²) in [6.07, 6.45) is -0.0993. The predicted octanol–water partition coefficient (Wildman–Crippen LogP) is 2.85. The fourth-order valence-corrected chi connectivity index (χ4v) is 2.36. The monoisotopic (exact) mass is 250 g/mol. The van der Waals surface area contributed by atoms with Crippen LogP contribution in [0.2, 0.25) is 0 Å². The standard InChI is InChI=1S/C10H13F3N2S/c11-10(12,13)8-6-16-9(15-8)4-5-14-7-2-1-3-7/h6-7,14H,1-5H2. The van der Waals surface area contributed by atoms with Crippen LogP contribution in [-0.4, -0.2) is 17.6 Å². The number of rotatable bonds is 4. The van der Waals surface area contributed by atoms with Crippen molar-refractivity contribution in [2.75, 3.05) is 6.54 Å². The summed E-state index contributed by atoms with van der Waals surface area (Å²) in [5, 5.41) is 4.94. The van der Waals surface area contributed by atoms with E-state index in [9.17, 15) is 13.2 Å². The number of nitrogens with one attached hydrogen (secondary N) is 1. The molecule has 90 valence electrons. The first-order valence-electron chi connectivity index (χ1n) is 5.30. The number of alkyl halides is 3. The van der Waals surface area contributed by atoms with Gasteiger partial charge in [0.1, 0.15) is 0 Å². The van der Waals surface area contributed by atoms with Crippen LogP contribution in [0.25, 0.3) is 0 Å². The molecule has 0 saturated heterocycles. The number of hydrogen-bond acceptors (Lipinski definition) is 3. The average molecular weight is 250 g/mol. The molecule has 1 aliphatic rings. The van der Waals surface area contributed by atoms with Gasteiger partial charge in [-0.3, -0.25) is 0 Å². The Morgan fingerprint density at radius 1 is 1.44 bits per heavy atom. The lowest BCUT2D eigenvalue weighted by Gasteiger charge is -2.26. The summed E-state index contributed by atoms with van der Waals surface area (Å²) >= 11 is 1.08. The van der Waals surface area contributed by atoms with Crippen LogP contribution in [0.1, 0.15) is 30.0 Å². The molecular weight excluding hydrogens is 237 g/mol. The highest BCUT2D eigenvalue weighted by molar-refractivity contribution is 7.09. The van der Waals surface area contributed by atoms with Gasteiger partial charge in [0, 0.05) is 24.4 Å². The molecule has 6 heteroatoms. The fraction of sp³-hybridized carbons (Fsp3) is 0.700. The largest absolute Gasteiger partial charge is 0.434 e. The molecule has 1 saturated carbocycles. The van der Waals surface area contributed by atoms with Gasteiger partial charge in [-0.1, -0.05) is 6.42 Å². The molecule has 0 amide bonds. The molecule has 1 N–H and O–H groups in total. The average Bonchev–Trinajstić information content (AvgIpc) is 2.56. The van der Waals surface area contributed by atoms with Gasteiger partial charge in [0.2, 0.25) is 0 Å². The van der Waals surface area contributed by atoms with Crippen molar-refractivity contribution in [2.24, 2.45) is 0 Å². The van der Waals surface area contributed by atoms with Gasteiger partial charge in [0.25, 0.3) is 0 Å². The summed E-state index contributed by atoms with van der Waals surface area (Å²) < 4.78 is 36.7. The zero-order chi connectivity index (χ0) is 11.6. The maximum absolute atomic E-state index is 12.2. The second-order valence-corrected chi connectivity index (χ2v) is 4.90. The van der Waals surface area contributed by atoms with E-state index in [4.69, 9.17) is 0 Å². The van der Waals surface area contributed by atoms with E-state index in [2.05, 4.69) is 10.3 Å². The lowest BCUT2D eigenvalue weighted by atomic mass is 9.93. The molecule has 16 heavy (non-hydrogen) atoms. The summed E-state index contributed by atoms with van der Waals surface area (Å²) in [5.41, 5.74) is -0.767. The van der Waals surface area contributed by atoms with E-state index < -0.39 is 11.9 Å². The lowest BCUT2D eigenvalue weighted by Crippen LogP contribution is -2.36. The van der Waals surface area contributed by atoms with Crippen LogP contribution in [0.4, 0.5) is 13.2 Å². The van der Waals surface area contributed by atoms with Crippen LogP contribution in [0.15, 0.2) is 5.38 Å². The van der Waals surface area contributed by atoms with Crippen LogP contribution >= 0.6 is 11.3 Å². The Hall–Kier alpha value is -0.620. The third-order valence-corrected chi connectivity index (χ3v) is 3.63. The Bertz CT molecular complexity index is 344. The molecule has 1 aromatic rings. The molecule has 0 unspecified atom stereocenters. The van der Waals surface area contributed by atoms with Crippen LogP contribution in [-0.2, 0) is 12.6 Å². The van der Waals surface area contributed by atoms with Crippen molar-refractivity contribution in [1.82, 2.24) is 10.3 Å². The summed E-state index contributed by atoms with van der Waals surface area (Å²) in [5.74, 6) is 0. The number of aromatic nitrogens is 1. The molecular formula is C10H13F3N2S. The van der Waals surface area contributed by atoms with Crippen molar-refractivity contribution in [1.29, 1.82) is 0 Å². The van der Waals surface area contributed by atoms with Crippen LogP contribution in [0.5, 0.6) is 0 Å². The smallest absolute Gasteiger partial charge is 0.314 e. The molecule has 0 bridgehead atoms. The Kier molecular flexibility index (Phi) is 3.49. The molecule has 1 aromatic heterocycles. The van der Waals surface area contributed by atoms with Gasteiger partial charge >= 0.3 is 6.18 Å².